The number of nitrogens with one attached hydrogen (secondary N) is 2. The lowest BCUT2D eigenvalue weighted by molar-refractivity contribution is -0.137. The summed E-state index contributed by atoms with van der Waals surface area (Å²) in [7, 11) is 0. The zero-order valence-corrected chi connectivity index (χ0v) is 17.7. The van der Waals surface area contributed by atoms with Crippen molar-refractivity contribution in [3.63, 3.8) is 0 Å². The summed E-state index contributed by atoms with van der Waals surface area (Å²) >= 11 is 12.0. The molecule has 0 radical (unpaired) electrons. The van der Waals surface area contributed by atoms with Crippen LogP contribution in [0.3, 0.4) is 0 Å². The van der Waals surface area contributed by atoms with E-state index in [0.29, 0.717) is 18.2 Å². The standard InChI is InChI=1S/C21H22Cl2F3N3O/c22-16-8-5-9-17(19(16)23)29-18-10-15(21(24,25)26)14(12-27-18)20(30)28-11-13-6-3-1-2-4-7-13/h5,8-10,12-13H,1-4,6-7,11H2,(H,27,29)(H,28,30). The second-order valence-corrected chi connectivity index (χ2v) is 8.19. The van der Waals surface area contributed by atoms with Gasteiger partial charge >= 0.3 is 6.18 Å². The molecule has 3 rings (SSSR count). The summed E-state index contributed by atoms with van der Waals surface area (Å²) < 4.78 is 40.9. The molecule has 1 heterocycles. The van der Waals surface area contributed by atoms with E-state index in [1.807, 2.05) is 0 Å². The van der Waals surface area contributed by atoms with Crippen molar-refractivity contribution < 1.29 is 18.0 Å². The maximum atomic E-state index is 13.6. The van der Waals surface area contributed by atoms with Crippen molar-refractivity contribution in [1.82, 2.24) is 10.3 Å². The van der Waals surface area contributed by atoms with E-state index in [1.54, 1.807) is 18.2 Å². The van der Waals surface area contributed by atoms with Crippen molar-refractivity contribution in [2.24, 2.45) is 5.92 Å². The third-order valence-corrected chi connectivity index (χ3v) is 6.01. The number of anilines is 2. The van der Waals surface area contributed by atoms with E-state index in [4.69, 9.17) is 23.2 Å². The van der Waals surface area contributed by atoms with Crippen LogP contribution < -0.4 is 10.6 Å². The third kappa shape index (κ3) is 5.79. The van der Waals surface area contributed by atoms with Crippen molar-refractivity contribution in [3.05, 3.63) is 51.6 Å². The van der Waals surface area contributed by atoms with E-state index in [9.17, 15) is 18.0 Å². The molecule has 30 heavy (non-hydrogen) atoms. The van der Waals surface area contributed by atoms with Gasteiger partial charge in [-0.25, -0.2) is 4.98 Å². The zero-order chi connectivity index (χ0) is 21.7. The van der Waals surface area contributed by atoms with Crippen molar-refractivity contribution in [2.75, 3.05) is 11.9 Å². The first-order chi connectivity index (χ1) is 14.3. The highest BCUT2D eigenvalue weighted by atomic mass is 35.5. The number of benzene rings is 1. The molecule has 4 nitrogen and oxygen atoms in total. The van der Waals surface area contributed by atoms with E-state index in [-0.39, 0.29) is 15.9 Å². The van der Waals surface area contributed by atoms with Crippen LogP contribution in [0.4, 0.5) is 24.7 Å². The summed E-state index contributed by atoms with van der Waals surface area (Å²) in [6, 6.07) is 5.54. The summed E-state index contributed by atoms with van der Waals surface area (Å²) in [5.41, 5.74) is -1.24. The molecule has 162 valence electrons. The molecule has 2 aromatic rings. The average molecular weight is 460 g/mol. The first-order valence-corrected chi connectivity index (χ1v) is 10.6. The molecule has 0 saturated heterocycles. The van der Waals surface area contributed by atoms with Crippen molar-refractivity contribution in [1.29, 1.82) is 0 Å². The fraction of sp³-hybridized carbons (Fsp3) is 0.429. The van der Waals surface area contributed by atoms with Crippen LogP contribution in [0, 0.1) is 5.92 Å². The van der Waals surface area contributed by atoms with Gasteiger partial charge in [0.05, 0.1) is 26.9 Å². The Morgan fingerprint density at radius 2 is 1.83 bits per heavy atom. The minimum atomic E-state index is -4.72. The Bertz CT molecular complexity index is 898. The van der Waals surface area contributed by atoms with E-state index in [0.717, 1.165) is 50.8 Å². The van der Waals surface area contributed by atoms with Gasteiger partial charge in [-0.1, -0.05) is 55.0 Å². The second kappa shape index (κ2) is 9.88. The number of rotatable bonds is 5. The lowest BCUT2D eigenvalue weighted by Gasteiger charge is -2.17. The molecule has 0 atom stereocenters. The first kappa shape index (κ1) is 22.7. The quantitative estimate of drug-likeness (QED) is 0.480. The Kier molecular flexibility index (Phi) is 7.47. The minimum absolute atomic E-state index is 0.0909. The van der Waals surface area contributed by atoms with Crippen LogP contribution in [0.15, 0.2) is 30.5 Å². The molecule has 0 aliphatic heterocycles. The maximum absolute atomic E-state index is 13.6. The molecule has 9 heteroatoms. The molecular formula is C21H22Cl2F3N3O. The van der Waals surface area contributed by atoms with Gasteiger partial charge in [0.1, 0.15) is 5.82 Å². The molecular weight excluding hydrogens is 438 g/mol. The van der Waals surface area contributed by atoms with Crippen LogP contribution >= 0.6 is 23.2 Å². The Morgan fingerprint density at radius 1 is 1.13 bits per heavy atom. The Morgan fingerprint density at radius 3 is 2.50 bits per heavy atom. The fourth-order valence-corrected chi connectivity index (χ4v) is 3.93. The average Bonchev–Trinajstić information content (AvgIpc) is 2.98. The number of pyridine rings is 1. The van der Waals surface area contributed by atoms with Crippen LogP contribution in [0.5, 0.6) is 0 Å². The number of nitrogens with zero attached hydrogens (tertiary/aromatic N) is 1. The van der Waals surface area contributed by atoms with Gasteiger partial charge in [0.2, 0.25) is 0 Å². The molecule has 0 bridgehead atoms. The largest absolute Gasteiger partial charge is 0.417 e. The number of halogens is 5. The summed E-state index contributed by atoms with van der Waals surface area (Å²) in [5, 5.41) is 5.80. The molecule has 1 aliphatic carbocycles. The molecule has 1 aromatic heterocycles. The normalized spacial score (nSPS) is 15.5. The molecule has 1 aliphatic rings. The van der Waals surface area contributed by atoms with Crippen LogP contribution in [-0.4, -0.2) is 17.4 Å². The molecule has 1 aromatic carbocycles. The van der Waals surface area contributed by atoms with Crippen LogP contribution in [0.25, 0.3) is 0 Å². The van der Waals surface area contributed by atoms with Gasteiger partial charge < -0.3 is 10.6 Å². The lowest BCUT2D eigenvalue weighted by Crippen LogP contribution is -2.31. The predicted molar refractivity (Wildman–Crippen MR) is 113 cm³/mol. The van der Waals surface area contributed by atoms with Gasteiger partial charge in [-0.05, 0) is 37.0 Å². The van der Waals surface area contributed by atoms with Gasteiger partial charge in [-0.3, -0.25) is 4.79 Å². The molecule has 2 N–H and O–H groups in total. The SMILES string of the molecule is O=C(NCC1CCCCCC1)c1cnc(Nc2cccc(Cl)c2Cl)cc1C(F)(F)F. The van der Waals surface area contributed by atoms with Crippen molar-refractivity contribution >= 4 is 40.6 Å². The first-order valence-electron chi connectivity index (χ1n) is 9.82. The molecule has 0 spiro atoms. The second-order valence-electron chi connectivity index (χ2n) is 7.41. The smallest absolute Gasteiger partial charge is 0.352 e. The summed E-state index contributed by atoms with van der Waals surface area (Å²) in [5.74, 6) is -0.567. The van der Waals surface area contributed by atoms with Crippen LogP contribution in [0.2, 0.25) is 10.0 Å². The Hall–Kier alpha value is -1.99. The van der Waals surface area contributed by atoms with Gasteiger partial charge in [-0.2, -0.15) is 13.2 Å². The number of carbonyl (C=O) groups is 1. The van der Waals surface area contributed by atoms with Crippen molar-refractivity contribution in [2.45, 2.75) is 44.7 Å². The summed E-state index contributed by atoms with van der Waals surface area (Å²) in [4.78, 5) is 16.5. The summed E-state index contributed by atoms with van der Waals surface area (Å²) in [6.45, 7) is 0.369. The number of hydrogen-bond acceptors (Lipinski definition) is 3. The van der Waals surface area contributed by atoms with Crippen LogP contribution in [-0.2, 0) is 6.18 Å². The number of hydrogen-bond donors (Lipinski definition) is 2. The number of alkyl halides is 3. The molecule has 1 amide bonds. The minimum Gasteiger partial charge on any atom is -0.352 e. The zero-order valence-electron chi connectivity index (χ0n) is 16.2. The van der Waals surface area contributed by atoms with Gasteiger partial charge in [-0.15, -0.1) is 0 Å². The highest BCUT2D eigenvalue weighted by molar-refractivity contribution is 6.43. The van der Waals surface area contributed by atoms with E-state index in [2.05, 4.69) is 15.6 Å². The monoisotopic (exact) mass is 459 g/mol. The van der Waals surface area contributed by atoms with Gasteiger partial charge in [0, 0.05) is 12.7 Å². The maximum Gasteiger partial charge on any atom is 0.417 e. The Labute approximate surface area is 183 Å². The summed E-state index contributed by atoms with van der Waals surface area (Å²) in [6.07, 6.45) is 2.68. The Balaban J connectivity index is 1.78. The van der Waals surface area contributed by atoms with Crippen LogP contribution in [0.1, 0.15) is 54.4 Å². The van der Waals surface area contributed by atoms with Gasteiger partial charge in [0.25, 0.3) is 5.91 Å². The van der Waals surface area contributed by atoms with E-state index < -0.39 is 23.2 Å². The van der Waals surface area contributed by atoms with Gasteiger partial charge in [0.15, 0.2) is 0 Å². The number of carbonyl (C=O) groups excluding carboxylic acids is 1. The number of amides is 1. The van der Waals surface area contributed by atoms with Crippen molar-refractivity contribution in [3.8, 4) is 0 Å². The third-order valence-electron chi connectivity index (χ3n) is 5.19. The fourth-order valence-electron chi connectivity index (χ4n) is 3.58. The predicted octanol–water partition coefficient (Wildman–Crippen LogP) is 6.85. The number of aromatic nitrogens is 1. The topological polar surface area (TPSA) is 54.0 Å². The lowest BCUT2D eigenvalue weighted by atomic mass is 10.00. The molecule has 1 saturated carbocycles. The highest BCUT2D eigenvalue weighted by Crippen LogP contribution is 2.35. The highest BCUT2D eigenvalue weighted by Gasteiger charge is 2.36. The van der Waals surface area contributed by atoms with E-state index >= 15 is 0 Å². The molecule has 0 unspecified atom stereocenters. The molecule has 1 fully saturated rings. The van der Waals surface area contributed by atoms with E-state index in [1.165, 1.54) is 0 Å².